The molecule has 3 unspecified atom stereocenters. The molecule has 0 aliphatic heterocycles. The third kappa shape index (κ3) is 5.33. The normalized spacial score (nSPS) is 23.8. The minimum Gasteiger partial charge on any atom is -0.491 e. The highest BCUT2D eigenvalue weighted by Crippen LogP contribution is 2.26. The first-order valence-corrected chi connectivity index (χ1v) is 8.30. The van der Waals surface area contributed by atoms with E-state index < -0.39 is 6.10 Å². The van der Waals surface area contributed by atoms with E-state index in [2.05, 4.69) is 12.2 Å². The van der Waals surface area contributed by atoms with Crippen LogP contribution in [0.2, 0.25) is 0 Å². The van der Waals surface area contributed by atoms with Crippen LogP contribution < -0.4 is 10.1 Å². The molecule has 2 rings (SSSR count). The summed E-state index contributed by atoms with van der Waals surface area (Å²) in [4.78, 5) is 0. The van der Waals surface area contributed by atoms with Crippen LogP contribution in [0, 0.1) is 12.8 Å². The van der Waals surface area contributed by atoms with E-state index in [-0.39, 0.29) is 0 Å². The van der Waals surface area contributed by atoms with Crippen molar-refractivity contribution in [3.63, 3.8) is 0 Å². The fraction of sp³-hybridized carbons (Fsp3) is 0.667. The van der Waals surface area contributed by atoms with E-state index in [1.54, 1.807) is 0 Å². The Hall–Kier alpha value is -1.06. The van der Waals surface area contributed by atoms with Crippen LogP contribution in [-0.4, -0.2) is 30.4 Å². The lowest BCUT2D eigenvalue weighted by atomic mass is 9.83. The number of aliphatic hydroxyl groups is 1. The monoisotopic (exact) mass is 291 g/mol. The summed E-state index contributed by atoms with van der Waals surface area (Å²) in [5.74, 6) is 1.60. The number of nitrogens with one attached hydrogen (secondary N) is 1. The molecule has 118 valence electrons. The van der Waals surface area contributed by atoms with Crippen molar-refractivity contribution < 1.29 is 9.84 Å². The van der Waals surface area contributed by atoms with Gasteiger partial charge in [-0.1, -0.05) is 38.3 Å². The number of hydrogen-bond acceptors (Lipinski definition) is 3. The molecule has 1 aliphatic rings. The van der Waals surface area contributed by atoms with Crippen molar-refractivity contribution in [2.75, 3.05) is 13.2 Å². The molecular formula is C18H29NO2. The van der Waals surface area contributed by atoms with Gasteiger partial charge in [-0.3, -0.25) is 0 Å². The molecule has 21 heavy (non-hydrogen) atoms. The first-order chi connectivity index (χ1) is 10.2. The van der Waals surface area contributed by atoms with E-state index in [9.17, 15) is 5.11 Å². The van der Waals surface area contributed by atoms with Crippen molar-refractivity contribution in [2.45, 2.75) is 58.1 Å². The molecule has 1 aromatic carbocycles. The van der Waals surface area contributed by atoms with Crippen LogP contribution in [0.15, 0.2) is 24.3 Å². The van der Waals surface area contributed by atoms with Crippen molar-refractivity contribution in [1.29, 1.82) is 0 Å². The van der Waals surface area contributed by atoms with Gasteiger partial charge in [-0.25, -0.2) is 0 Å². The van der Waals surface area contributed by atoms with E-state index in [0.717, 1.165) is 11.7 Å². The van der Waals surface area contributed by atoms with Crippen molar-refractivity contribution in [1.82, 2.24) is 5.32 Å². The van der Waals surface area contributed by atoms with E-state index in [1.165, 1.54) is 37.7 Å². The molecule has 0 aromatic heterocycles. The Kier molecular flexibility index (Phi) is 6.52. The van der Waals surface area contributed by atoms with E-state index in [4.69, 9.17) is 4.74 Å². The van der Waals surface area contributed by atoms with Gasteiger partial charge in [0.2, 0.25) is 0 Å². The second-order valence-electron chi connectivity index (χ2n) is 6.25. The van der Waals surface area contributed by atoms with Gasteiger partial charge in [-0.05, 0) is 43.4 Å². The van der Waals surface area contributed by atoms with Crippen LogP contribution in [0.1, 0.15) is 44.6 Å². The average Bonchev–Trinajstić information content (AvgIpc) is 2.51. The maximum absolute atomic E-state index is 10.1. The topological polar surface area (TPSA) is 41.5 Å². The Balaban J connectivity index is 1.70. The molecule has 0 radical (unpaired) electrons. The Bertz CT molecular complexity index is 421. The zero-order valence-electron chi connectivity index (χ0n) is 13.3. The SMILES string of the molecule is CCC1CCCCC1NCC(O)COc1cccc(C)c1. The first kappa shape index (κ1) is 16.3. The van der Waals surface area contributed by atoms with Gasteiger partial charge in [0.25, 0.3) is 0 Å². The highest BCUT2D eigenvalue weighted by Gasteiger charge is 2.23. The Labute approximate surface area is 128 Å². The molecule has 3 atom stereocenters. The molecule has 0 saturated heterocycles. The van der Waals surface area contributed by atoms with Crippen LogP contribution in [0.25, 0.3) is 0 Å². The summed E-state index contributed by atoms with van der Waals surface area (Å²) in [7, 11) is 0. The molecule has 1 saturated carbocycles. The van der Waals surface area contributed by atoms with Crippen LogP contribution in [-0.2, 0) is 0 Å². The Morgan fingerprint density at radius 1 is 1.33 bits per heavy atom. The third-order valence-corrected chi connectivity index (χ3v) is 4.48. The summed E-state index contributed by atoms with van der Waals surface area (Å²) in [5.41, 5.74) is 1.17. The molecule has 0 heterocycles. The van der Waals surface area contributed by atoms with Crippen molar-refractivity contribution in [3.8, 4) is 5.75 Å². The number of aryl methyl sites for hydroxylation is 1. The predicted molar refractivity (Wildman–Crippen MR) is 86.7 cm³/mol. The highest BCUT2D eigenvalue weighted by atomic mass is 16.5. The van der Waals surface area contributed by atoms with Crippen molar-refractivity contribution in [2.24, 2.45) is 5.92 Å². The lowest BCUT2D eigenvalue weighted by Gasteiger charge is -2.32. The van der Waals surface area contributed by atoms with E-state index in [1.807, 2.05) is 31.2 Å². The summed E-state index contributed by atoms with van der Waals surface area (Å²) in [5, 5.41) is 13.6. The van der Waals surface area contributed by atoms with Crippen LogP contribution in [0.4, 0.5) is 0 Å². The molecule has 3 nitrogen and oxygen atoms in total. The molecule has 1 aromatic rings. The van der Waals surface area contributed by atoms with E-state index >= 15 is 0 Å². The minimum atomic E-state index is -0.454. The van der Waals surface area contributed by atoms with Crippen molar-refractivity contribution in [3.05, 3.63) is 29.8 Å². The second-order valence-corrected chi connectivity index (χ2v) is 6.25. The fourth-order valence-corrected chi connectivity index (χ4v) is 3.21. The standard InChI is InChI=1S/C18H29NO2/c1-3-15-8-4-5-10-18(15)19-12-16(20)13-21-17-9-6-7-14(2)11-17/h6-7,9,11,15-16,18-20H,3-5,8,10,12-13H2,1-2H3. The average molecular weight is 291 g/mol. The lowest BCUT2D eigenvalue weighted by molar-refractivity contribution is 0.0973. The van der Waals surface area contributed by atoms with Crippen molar-refractivity contribution >= 4 is 0 Å². The van der Waals surface area contributed by atoms with Gasteiger partial charge in [-0.2, -0.15) is 0 Å². The van der Waals surface area contributed by atoms with Crippen LogP contribution >= 0.6 is 0 Å². The molecule has 3 heteroatoms. The summed E-state index contributed by atoms with van der Waals surface area (Å²) in [6.07, 6.45) is 6.01. The molecule has 2 N–H and O–H groups in total. The van der Waals surface area contributed by atoms with Gasteiger partial charge in [0.1, 0.15) is 18.5 Å². The second kappa shape index (κ2) is 8.40. The summed E-state index contributed by atoms with van der Waals surface area (Å²) in [6, 6.07) is 8.51. The minimum absolute atomic E-state index is 0.347. The number of benzene rings is 1. The number of rotatable bonds is 7. The zero-order chi connectivity index (χ0) is 15.1. The molecule has 0 spiro atoms. The zero-order valence-corrected chi connectivity index (χ0v) is 13.3. The molecule has 1 fully saturated rings. The van der Waals surface area contributed by atoms with Crippen LogP contribution in [0.3, 0.4) is 0 Å². The first-order valence-electron chi connectivity index (χ1n) is 8.30. The van der Waals surface area contributed by atoms with Gasteiger partial charge in [0, 0.05) is 12.6 Å². The number of aliphatic hydroxyl groups excluding tert-OH is 1. The smallest absolute Gasteiger partial charge is 0.119 e. The lowest BCUT2D eigenvalue weighted by Crippen LogP contribution is -2.43. The van der Waals surface area contributed by atoms with Gasteiger partial charge >= 0.3 is 0 Å². The largest absolute Gasteiger partial charge is 0.491 e. The Morgan fingerprint density at radius 2 is 2.14 bits per heavy atom. The maximum Gasteiger partial charge on any atom is 0.119 e. The highest BCUT2D eigenvalue weighted by molar-refractivity contribution is 5.27. The fourth-order valence-electron chi connectivity index (χ4n) is 3.21. The van der Waals surface area contributed by atoms with Crippen LogP contribution in [0.5, 0.6) is 5.75 Å². The van der Waals surface area contributed by atoms with Gasteiger partial charge in [-0.15, -0.1) is 0 Å². The van der Waals surface area contributed by atoms with Gasteiger partial charge in [0.15, 0.2) is 0 Å². The van der Waals surface area contributed by atoms with Gasteiger partial charge < -0.3 is 15.2 Å². The maximum atomic E-state index is 10.1. The predicted octanol–water partition coefficient (Wildman–Crippen LogP) is 3.29. The summed E-state index contributed by atoms with van der Waals surface area (Å²) < 4.78 is 5.65. The Morgan fingerprint density at radius 3 is 2.90 bits per heavy atom. The summed E-state index contributed by atoms with van der Waals surface area (Å²) in [6.45, 7) is 5.27. The third-order valence-electron chi connectivity index (χ3n) is 4.48. The van der Waals surface area contributed by atoms with E-state index in [0.29, 0.717) is 19.2 Å². The van der Waals surface area contributed by atoms with Gasteiger partial charge in [0.05, 0.1) is 0 Å². The number of ether oxygens (including phenoxy) is 1. The molecule has 0 amide bonds. The molecular weight excluding hydrogens is 262 g/mol. The quantitative estimate of drug-likeness (QED) is 0.810. The summed E-state index contributed by atoms with van der Waals surface area (Å²) >= 11 is 0. The molecule has 1 aliphatic carbocycles. The molecule has 0 bridgehead atoms. The number of hydrogen-bond donors (Lipinski definition) is 2.